The molecule has 1 rings (SSSR count). The molecular formula is C9H11F3N2OS. The minimum Gasteiger partial charge on any atom is -0.406 e. The maximum absolute atomic E-state index is 11.9. The Bertz CT molecular complexity index is 357. The number of nitrogens with one attached hydrogen (secondary N) is 1. The Morgan fingerprint density at radius 1 is 1.44 bits per heavy atom. The van der Waals surface area contributed by atoms with Crippen LogP contribution >= 0.6 is 11.8 Å². The fraction of sp³-hybridized carbons (Fsp3) is 0.333. The number of hydrazine groups is 1. The lowest BCUT2D eigenvalue weighted by Crippen LogP contribution is -2.17. The highest BCUT2D eigenvalue weighted by Gasteiger charge is 2.31. The van der Waals surface area contributed by atoms with Crippen LogP contribution in [0.2, 0.25) is 0 Å². The smallest absolute Gasteiger partial charge is 0.406 e. The van der Waals surface area contributed by atoms with Gasteiger partial charge in [0.1, 0.15) is 5.75 Å². The number of nitrogen functional groups attached to an aromatic ring is 1. The zero-order valence-corrected chi connectivity index (χ0v) is 9.28. The van der Waals surface area contributed by atoms with Crippen molar-refractivity contribution in [2.24, 2.45) is 5.84 Å². The van der Waals surface area contributed by atoms with E-state index in [0.717, 1.165) is 10.6 Å². The van der Waals surface area contributed by atoms with Gasteiger partial charge in [-0.05, 0) is 17.9 Å². The summed E-state index contributed by atoms with van der Waals surface area (Å²) in [6.07, 6.45) is -4.69. The third kappa shape index (κ3) is 3.82. The minimum atomic E-state index is -4.69. The number of rotatable bonds is 4. The molecule has 3 nitrogen and oxygen atoms in total. The molecule has 0 saturated carbocycles. The van der Waals surface area contributed by atoms with Crippen molar-refractivity contribution in [1.29, 1.82) is 0 Å². The summed E-state index contributed by atoms with van der Waals surface area (Å²) in [6, 6.07) is 4.00. The van der Waals surface area contributed by atoms with Crippen molar-refractivity contribution in [1.82, 2.24) is 0 Å². The molecule has 0 radical (unpaired) electrons. The van der Waals surface area contributed by atoms with Crippen LogP contribution < -0.4 is 16.0 Å². The predicted octanol–water partition coefficient (Wildman–Crippen LogP) is 2.98. The maximum atomic E-state index is 11.9. The number of benzene rings is 1. The highest BCUT2D eigenvalue weighted by Crippen LogP contribution is 2.32. The molecule has 3 N–H and O–H groups in total. The maximum Gasteiger partial charge on any atom is 0.573 e. The minimum absolute atomic E-state index is 0.291. The van der Waals surface area contributed by atoms with Crippen LogP contribution in [0.25, 0.3) is 0 Å². The second kappa shape index (κ2) is 5.31. The molecule has 0 saturated heterocycles. The summed E-state index contributed by atoms with van der Waals surface area (Å²) in [5.74, 6) is 5.72. The van der Waals surface area contributed by atoms with Crippen LogP contribution in [0.3, 0.4) is 0 Å². The van der Waals surface area contributed by atoms with Crippen LogP contribution in [0.1, 0.15) is 6.92 Å². The van der Waals surface area contributed by atoms with Crippen LogP contribution in [-0.2, 0) is 0 Å². The van der Waals surface area contributed by atoms with E-state index in [0.29, 0.717) is 5.69 Å². The van der Waals surface area contributed by atoms with Crippen LogP contribution in [0.5, 0.6) is 5.75 Å². The quantitative estimate of drug-likeness (QED) is 0.491. The average Bonchev–Trinajstić information content (AvgIpc) is 2.18. The first-order chi connectivity index (χ1) is 7.46. The van der Waals surface area contributed by atoms with E-state index in [4.69, 9.17) is 5.84 Å². The van der Waals surface area contributed by atoms with Gasteiger partial charge in [-0.15, -0.1) is 24.9 Å². The van der Waals surface area contributed by atoms with Gasteiger partial charge in [0.15, 0.2) is 0 Å². The Morgan fingerprint density at radius 2 is 2.12 bits per heavy atom. The first-order valence-corrected chi connectivity index (χ1v) is 5.44. The second-order valence-electron chi connectivity index (χ2n) is 2.78. The number of nitrogens with two attached hydrogens (primary N) is 1. The molecule has 7 heteroatoms. The molecule has 0 heterocycles. The number of hydrogen-bond acceptors (Lipinski definition) is 4. The molecule has 0 amide bonds. The number of anilines is 1. The molecule has 0 aliphatic rings. The Hall–Kier alpha value is -1.08. The summed E-state index contributed by atoms with van der Waals surface area (Å²) in [4.78, 5) is 0.777. The van der Waals surface area contributed by atoms with Crippen molar-refractivity contribution in [2.75, 3.05) is 11.2 Å². The van der Waals surface area contributed by atoms with Gasteiger partial charge in [-0.1, -0.05) is 6.92 Å². The third-order valence-electron chi connectivity index (χ3n) is 1.64. The van der Waals surface area contributed by atoms with E-state index in [9.17, 15) is 13.2 Å². The summed E-state index contributed by atoms with van der Waals surface area (Å²) in [5, 5.41) is 0. The first kappa shape index (κ1) is 13.0. The number of alkyl halides is 3. The molecule has 0 fully saturated rings. The summed E-state index contributed by atoms with van der Waals surface area (Å²) in [5.41, 5.74) is 2.75. The number of halogens is 3. The Kier molecular flexibility index (Phi) is 4.31. The first-order valence-electron chi connectivity index (χ1n) is 4.45. The highest BCUT2D eigenvalue weighted by atomic mass is 32.2. The molecule has 0 atom stereocenters. The van der Waals surface area contributed by atoms with Crippen LogP contribution in [-0.4, -0.2) is 12.1 Å². The van der Waals surface area contributed by atoms with E-state index in [1.165, 1.54) is 30.0 Å². The largest absolute Gasteiger partial charge is 0.573 e. The lowest BCUT2D eigenvalue weighted by molar-refractivity contribution is -0.274. The van der Waals surface area contributed by atoms with E-state index in [1.54, 1.807) is 0 Å². The van der Waals surface area contributed by atoms with Crippen LogP contribution in [0, 0.1) is 0 Å². The molecule has 90 valence electrons. The Labute approximate surface area is 95.1 Å². The third-order valence-corrected chi connectivity index (χ3v) is 2.60. The van der Waals surface area contributed by atoms with Crippen molar-refractivity contribution in [2.45, 2.75) is 18.2 Å². The van der Waals surface area contributed by atoms with Crippen molar-refractivity contribution < 1.29 is 17.9 Å². The molecule has 0 aliphatic heterocycles. The van der Waals surface area contributed by atoms with Gasteiger partial charge in [0.2, 0.25) is 0 Å². The molecule has 0 aliphatic carbocycles. The van der Waals surface area contributed by atoms with Gasteiger partial charge in [0.25, 0.3) is 0 Å². The molecule has 0 aromatic heterocycles. The summed E-state index contributed by atoms with van der Waals surface area (Å²) < 4.78 is 39.6. The lowest BCUT2D eigenvalue weighted by Gasteiger charge is -2.12. The summed E-state index contributed by atoms with van der Waals surface area (Å²) >= 11 is 1.47. The van der Waals surface area contributed by atoms with Crippen molar-refractivity contribution in [3.8, 4) is 5.75 Å². The molecule has 1 aromatic rings. The SMILES string of the molecule is CCSc1ccc(OC(F)(F)F)cc1NN. The van der Waals surface area contributed by atoms with Crippen LogP contribution in [0.4, 0.5) is 18.9 Å². The van der Waals surface area contributed by atoms with E-state index in [1.807, 2.05) is 6.92 Å². The molecule has 1 aromatic carbocycles. The number of hydrogen-bond donors (Lipinski definition) is 2. The van der Waals surface area contributed by atoms with E-state index in [-0.39, 0.29) is 5.75 Å². The van der Waals surface area contributed by atoms with E-state index >= 15 is 0 Å². The highest BCUT2D eigenvalue weighted by molar-refractivity contribution is 7.99. The topological polar surface area (TPSA) is 47.3 Å². The lowest BCUT2D eigenvalue weighted by atomic mass is 10.3. The van der Waals surface area contributed by atoms with Crippen molar-refractivity contribution >= 4 is 17.4 Å². The van der Waals surface area contributed by atoms with Crippen LogP contribution in [0.15, 0.2) is 23.1 Å². The molecule has 16 heavy (non-hydrogen) atoms. The van der Waals surface area contributed by atoms with Gasteiger partial charge in [-0.3, -0.25) is 5.84 Å². The molecule has 0 unspecified atom stereocenters. The molecular weight excluding hydrogens is 241 g/mol. The molecule has 0 bridgehead atoms. The van der Waals surface area contributed by atoms with Gasteiger partial charge in [-0.25, -0.2) is 0 Å². The van der Waals surface area contributed by atoms with Crippen molar-refractivity contribution in [3.05, 3.63) is 18.2 Å². The van der Waals surface area contributed by atoms with Gasteiger partial charge < -0.3 is 10.2 Å². The fourth-order valence-electron chi connectivity index (χ4n) is 1.10. The Morgan fingerprint density at radius 3 is 2.62 bits per heavy atom. The zero-order valence-electron chi connectivity index (χ0n) is 8.47. The van der Waals surface area contributed by atoms with Gasteiger partial charge in [0.05, 0.1) is 5.69 Å². The van der Waals surface area contributed by atoms with Gasteiger partial charge in [-0.2, -0.15) is 0 Å². The Balaban J connectivity index is 2.90. The standard InChI is InChI=1S/C9H11F3N2OS/c1-2-16-8-4-3-6(5-7(8)14-13)15-9(10,11)12/h3-5,14H,2,13H2,1H3. The summed E-state index contributed by atoms with van der Waals surface area (Å²) in [6.45, 7) is 1.94. The van der Waals surface area contributed by atoms with Crippen molar-refractivity contribution in [3.63, 3.8) is 0 Å². The zero-order chi connectivity index (χ0) is 12.2. The monoisotopic (exact) mass is 252 g/mol. The van der Waals surface area contributed by atoms with Gasteiger partial charge in [0, 0.05) is 11.0 Å². The second-order valence-corrected chi connectivity index (χ2v) is 4.09. The van der Waals surface area contributed by atoms with E-state index in [2.05, 4.69) is 10.2 Å². The predicted molar refractivity (Wildman–Crippen MR) is 57.3 cm³/mol. The van der Waals surface area contributed by atoms with Gasteiger partial charge >= 0.3 is 6.36 Å². The number of thioether (sulfide) groups is 1. The fourth-order valence-corrected chi connectivity index (χ4v) is 1.85. The summed E-state index contributed by atoms with van der Waals surface area (Å²) in [7, 11) is 0. The molecule has 0 spiro atoms. The number of ether oxygens (including phenoxy) is 1. The van der Waals surface area contributed by atoms with E-state index < -0.39 is 6.36 Å². The normalized spacial score (nSPS) is 11.3. The average molecular weight is 252 g/mol.